The number of hydrogen-bond acceptors (Lipinski definition) is 2. The molecular weight excluding hydrogens is 246 g/mol. The van der Waals surface area contributed by atoms with E-state index in [0.717, 1.165) is 18.1 Å². The van der Waals surface area contributed by atoms with Gasteiger partial charge in [-0.3, -0.25) is 0 Å². The summed E-state index contributed by atoms with van der Waals surface area (Å²) in [7, 11) is 0. The predicted octanol–water partition coefficient (Wildman–Crippen LogP) is 4.50. The zero-order chi connectivity index (χ0) is 14.2. The van der Waals surface area contributed by atoms with Gasteiger partial charge in [-0.05, 0) is 36.0 Å². The average molecular weight is 269 g/mol. The minimum absolute atomic E-state index is 0.121. The third-order valence-electron chi connectivity index (χ3n) is 3.80. The molecule has 0 unspecified atom stereocenters. The maximum atomic E-state index is 6.02. The van der Waals surface area contributed by atoms with Gasteiger partial charge in [0.2, 0.25) is 0 Å². The van der Waals surface area contributed by atoms with Crippen molar-refractivity contribution < 1.29 is 4.42 Å². The minimum Gasteiger partial charge on any atom is -0.460 e. The average Bonchev–Trinajstić information content (AvgIpc) is 3.12. The number of benzene rings is 1. The number of rotatable bonds is 4. The molecule has 0 saturated heterocycles. The molecule has 20 heavy (non-hydrogen) atoms. The van der Waals surface area contributed by atoms with Crippen molar-refractivity contribution in [2.75, 3.05) is 0 Å². The summed E-state index contributed by atoms with van der Waals surface area (Å²) in [6.07, 6.45) is 2.61. The van der Waals surface area contributed by atoms with Crippen LogP contribution in [0.1, 0.15) is 44.9 Å². The highest BCUT2D eigenvalue weighted by atomic mass is 16.3. The Hall–Kier alpha value is -1.54. The highest BCUT2D eigenvalue weighted by Gasteiger charge is 2.22. The van der Waals surface area contributed by atoms with Crippen LogP contribution in [0.3, 0.4) is 0 Å². The topological polar surface area (TPSA) is 25.2 Å². The van der Waals surface area contributed by atoms with Crippen molar-refractivity contribution in [3.8, 4) is 11.3 Å². The molecule has 0 aliphatic heterocycles. The Kier molecular flexibility index (Phi) is 3.43. The summed E-state index contributed by atoms with van der Waals surface area (Å²) in [5.74, 6) is 2.00. The Morgan fingerprint density at radius 2 is 1.85 bits per heavy atom. The van der Waals surface area contributed by atoms with Crippen LogP contribution in [0.5, 0.6) is 0 Å². The molecule has 1 aromatic heterocycles. The zero-order valence-corrected chi connectivity index (χ0v) is 12.6. The largest absolute Gasteiger partial charge is 0.460 e. The Bertz CT molecular complexity index is 587. The first kappa shape index (κ1) is 13.4. The second-order valence-electron chi connectivity index (χ2n) is 6.72. The van der Waals surface area contributed by atoms with E-state index in [1.807, 2.05) is 0 Å². The molecule has 1 fully saturated rings. The van der Waals surface area contributed by atoms with Gasteiger partial charge < -0.3 is 9.73 Å². The van der Waals surface area contributed by atoms with Gasteiger partial charge in [0.1, 0.15) is 11.5 Å². The number of furan rings is 1. The van der Waals surface area contributed by atoms with E-state index in [-0.39, 0.29) is 5.41 Å². The number of hydrogen-bond donors (Lipinski definition) is 1. The summed E-state index contributed by atoms with van der Waals surface area (Å²) in [4.78, 5) is 0. The lowest BCUT2D eigenvalue weighted by atomic mass is 9.83. The zero-order valence-electron chi connectivity index (χ0n) is 12.6. The summed E-state index contributed by atoms with van der Waals surface area (Å²) in [6, 6.07) is 13.4. The van der Waals surface area contributed by atoms with Crippen LogP contribution in [0, 0.1) is 0 Å². The first-order chi connectivity index (χ1) is 9.54. The maximum Gasteiger partial charge on any atom is 0.134 e. The lowest BCUT2D eigenvalue weighted by Gasteiger charge is -2.21. The van der Waals surface area contributed by atoms with Crippen LogP contribution in [0.25, 0.3) is 11.3 Å². The Balaban J connectivity index is 1.85. The maximum absolute atomic E-state index is 6.02. The minimum atomic E-state index is 0.121. The summed E-state index contributed by atoms with van der Waals surface area (Å²) in [6.45, 7) is 7.56. The fourth-order valence-electron chi connectivity index (χ4n) is 2.50. The quantitative estimate of drug-likeness (QED) is 0.884. The molecule has 1 saturated carbocycles. The smallest absolute Gasteiger partial charge is 0.134 e. The van der Waals surface area contributed by atoms with Gasteiger partial charge in [-0.25, -0.2) is 0 Å². The standard InChI is InChI=1S/C18H23NO/c1-18(2,3)16-7-5-4-6-15(16)17-11-10-14(20-17)12-19-13-8-9-13/h4-7,10-11,13,19H,8-9,12H2,1-3H3. The molecule has 106 valence electrons. The molecule has 3 rings (SSSR count). The fourth-order valence-corrected chi connectivity index (χ4v) is 2.50. The molecule has 1 aromatic carbocycles. The molecule has 1 aliphatic rings. The summed E-state index contributed by atoms with van der Waals surface area (Å²) in [5.41, 5.74) is 2.66. The van der Waals surface area contributed by atoms with Gasteiger partial charge in [-0.15, -0.1) is 0 Å². The molecule has 1 aliphatic carbocycles. The second kappa shape index (κ2) is 5.10. The molecule has 0 spiro atoms. The van der Waals surface area contributed by atoms with Crippen molar-refractivity contribution in [1.82, 2.24) is 5.32 Å². The van der Waals surface area contributed by atoms with Crippen LogP contribution in [0.15, 0.2) is 40.8 Å². The van der Waals surface area contributed by atoms with E-state index < -0.39 is 0 Å². The summed E-state index contributed by atoms with van der Waals surface area (Å²) >= 11 is 0. The van der Waals surface area contributed by atoms with Gasteiger partial charge in [0.15, 0.2) is 0 Å². The van der Waals surface area contributed by atoms with Crippen LogP contribution < -0.4 is 5.32 Å². The van der Waals surface area contributed by atoms with Gasteiger partial charge in [0, 0.05) is 11.6 Å². The molecule has 0 bridgehead atoms. The summed E-state index contributed by atoms with van der Waals surface area (Å²) in [5, 5.41) is 3.49. The van der Waals surface area contributed by atoms with Gasteiger partial charge in [-0.2, -0.15) is 0 Å². The van der Waals surface area contributed by atoms with E-state index in [4.69, 9.17) is 4.42 Å². The van der Waals surface area contributed by atoms with Crippen LogP contribution >= 0.6 is 0 Å². The van der Waals surface area contributed by atoms with E-state index in [1.54, 1.807) is 0 Å². The van der Waals surface area contributed by atoms with Crippen molar-refractivity contribution in [3.05, 3.63) is 47.7 Å². The van der Waals surface area contributed by atoms with E-state index in [9.17, 15) is 0 Å². The Labute approximate surface area is 121 Å². The lowest BCUT2D eigenvalue weighted by Crippen LogP contribution is -2.14. The molecule has 0 radical (unpaired) electrons. The van der Waals surface area contributed by atoms with Gasteiger partial charge >= 0.3 is 0 Å². The first-order valence-corrected chi connectivity index (χ1v) is 7.46. The number of nitrogens with one attached hydrogen (secondary N) is 1. The molecular formula is C18H23NO. The van der Waals surface area contributed by atoms with Gasteiger partial charge in [-0.1, -0.05) is 45.0 Å². The van der Waals surface area contributed by atoms with E-state index >= 15 is 0 Å². The highest BCUT2D eigenvalue weighted by Crippen LogP contribution is 2.33. The van der Waals surface area contributed by atoms with E-state index in [0.29, 0.717) is 6.04 Å². The summed E-state index contributed by atoms with van der Waals surface area (Å²) < 4.78 is 6.02. The normalized spacial score (nSPS) is 15.6. The SMILES string of the molecule is CC(C)(C)c1ccccc1-c1ccc(CNC2CC2)o1. The molecule has 2 heteroatoms. The van der Waals surface area contributed by atoms with Gasteiger partial charge in [0.05, 0.1) is 6.54 Å². The van der Waals surface area contributed by atoms with Crippen molar-refractivity contribution in [2.45, 2.75) is 51.6 Å². The molecule has 2 nitrogen and oxygen atoms in total. The molecule has 1 heterocycles. The van der Waals surface area contributed by atoms with E-state index in [1.165, 1.54) is 24.0 Å². The first-order valence-electron chi connectivity index (χ1n) is 7.46. The molecule has 1 N–H and O–H groups in total. The van der Waals surface area contributed by atoms with E-state index in [2.05, 4.69) is 62.5 Å². The van der Waals surface area contributed by atoms with Crippen LogP contribution in [-0.2, 0) is 12.0 Å². The third kappa shape index (κ3) is 2.96. The molecule has 0 atom stereocenters. The molecule has 2 aromatic rings. The van der Waals surface area contributed by atoms with Crippen molar-refractivity contribution in [2.24, 2.45) is 0 Å². The third-order valence-corrected chi connectivity index (χ3v) is 3.80. The molecule has 0 amide bonds. The van der Waals surface area contributed by atoms with Crippen molar-refractivity contribution in [3.63, 3.8) is 0 Å². The van der Waals surface area contributed by atoms with Crippen LogP contribution in [-0.4, -0.2) is 6.04 Å². The lowest BCUT2D eigenvalue weighted by molar-refractivity contribution is 0.490. The highest BCUT2D eigenvalue weighted by molar-refractivity contribution is 5.64. The Morgan fingerprint density at radius 3 is 2.55 bits per heavy atom. The van der Waals surface area contributed by atoms with Crippen molar-refractivity contribution in [1.29, 1.82) is 0 Å². The fraction of sp³-hybridized carbons (Fsp3) is 0.444. The second-order valence-corrected chi connectivity index (χ2v) is 6.72. The predicted molar refractivity (Wildman–Crippen MR) is 82.7 cm³/mol. The monoisotopic (exact) mass is 269 g/mol. The van der Waals surface area contributed by atoms with Gasteiger partial charge in [0.25, 0.3) is 0 Å². The van der Waals surface area contributed by atoms with Crippen LogP contribution in [0.4, 0.5) is 0 Å². The van der Waals surface area contributed by atoms with Crippen LogP contribution in [0.2, 0.25) is 0 Å². The van der Waals surface area contributed by atoms with Crippen molar-refractivity contribution >= 4 is 0 Å². The Morgan fingerprint density at radius 1 is 1.10 bits per heavy atom.